The van der Waals surface area contributed by atoms with Crippen LogP contribution in [0, 0.1) is 18.3 Å². The van der Waals surface area contributed by atoms with Gasteiger partial charge in [0.1, 0.15) is 34.6 Å². The lowest BCUT2D eigenvalue weighted by Crippen LogP contribution is -2.14. The van der Waals surface area contributed by atoms with Crippen LogP contribution >= 0.6 is 0 Å². The summed E-state index contributed by atoms with van der Waals surface area (Å²) < 4.78 is 17.4. The van der Waals surface area contributed by atoms with Gasteiger partial charge in [-0.05, 0) is 6.92 Å². The van der Waals surface area contributed by atoms with Crippen molar-refractivity contribution in [2.45, 2.75) is 13.5 Å². The minimum atomic E-state index is -0.375. The van der Waals surface area contributed by atoms with Gasteiger partial charge in [0.05, 0.1) is 31.7 Å². The van der Waals surface area contributed by atoms with Crippen molar-refractivity contribution in [3.63, 3.8) is 0 Å². The van der Waals surface area contributed by atoms with Crippen LogP contribution in [-0.4, -0.2) is 23.9 Å². The Kier molecular flexibility index (Phi) is 3.96. The third-order valence-electron chi connectivity index (χ3n) is 3.71. The van der Waals surface area contributed by atoms with E-state index in [0.717, 1.165) is 0 Å². The minimum Gasteiger partial charge on any atom is -0.497 e. The van der Waals surface area contributed by atoms with Crippen LogP contribution in [0.1, 0.15) is 17.0 Å². The van der Waals surface area contributed by atoms with Gasteiger partial charge < -0.3 is 18.6 Å². The SMILES string of the molecule is COc1cc(OC)c2c(=O)c(C#N)cn(Cc3cc(C)on3)c2c1. The number of nitrogens with zero attached hydrogens (tertiary/aromatic N) is 3. The van der Waals surface area contributed by atoms with Gasteiger partial charge in [0.2, 0.25) is 5.43 Å². The molecule has 0 aliphatic rings. The zero-order valence-electron chi connectivity index (χ0n) is 13.5. The number of fused-ring (bicyclic) bond motifs is 1. The third kappa shape index (κ3) is 2.58. The van der Waals surface area contributed by atoms with Crippen molar-refractivity contribution >= 4 is 10.9 Å². The topological polar surface area (TPSA) is 90.3 Å². The van der Waals surface area contributed by atoms with E-state index in [9.17, 15) is 10.1 Å². The Hall–Kier alpha value is -3.27. The highest BCUT2D eigenvalue weighted by Gasteiger charge is 2.16. The second-order valence-corrected chi connectivity index (χ2v) is 5.26. The number of pyridine rings is 1. The molecule has 2 heterocycles. The zero-order valence-corrected chi connectivity index (χ0v) is 13.5. The van der Waals surface area contributed by atoms with E-state index in [1.54, 1.807) is 29.7 Å². The maximum Gasteiger partial charge on any atom is 0.210 e. The van der Waals surface area contributed by atoms with Crippen LogP contribution in [0.4, 0.5) is 0 Å². The van der Waals surface area contributed by atoms with Crippen molar-refractivity contribution in [3.05, 3.63) is 51.6 Å². The van der Waals surface area contributed by atoms with Crippen molar-refractivity contribution < 1.29 is 14.0 Å². The van der Waals surface area contributed by atoms with E-state index in [-0.39, 0.29) is 11.0 Å². The van der Waals surface area contributed by atoms with Crippen LogP contribution in [-0.2, 0) is 6.54 Å². The molecule has 0 aliphatic carbocycles. The van der Waals surface area contributed by atoms with Crippen LogP contribution in [0.15, 0.2) is 33.7 Å². The second-order valence-electron chi connectivity index (χ2n) is 5.26. The van der Waals surface area contributed by atoms with E-state index in [4.69, 9.17) is 14.0 Å². The van der Waals surface area contributed by atoms with Crippen LogP contribution in [0.5, 0.6) is 11.5 Å². The Morgan fingerprint density at radius 3 is 2.67 bits per heavy atom. The molecule has 7 nitrogen and oxygen atoms in total. The number of rotatable bonds is 4. The first-order chi connectivity index (χ1) is 11.6. The number of aromatic nitrogens is 2. The molecule has 2 aromatic heterocycles. The van der Waals surface area contributed by atoms with Gasteiger partial charge in [-0.3, -0.25) is 4.79 Å². The summed E-state index contributed by atoms with van der Waals surface area (Å²) in [5, 5.41) is 13.6. The molecule has 0 atom stereocenters. The summed E-state index contributed by atoms with van der Waals surface area (Å²) in [7, 11) is 3.01. The molecule has 7 heteroatoms. The lowest BCUT2D eigenvalue weighted by atomic mass is 10.1. The quantitative estimate of drug-likeness (QED) is 0.730. The van der Waals surface area contributed by atoms with E-state index in [1.807, 2.05) is 6.07 Å². The number of hydrogen-bond acceptors (Lipinski definition) is 6. The van der Waals surface area contributed by atoms with Crippen molar-refractivity contribution in [2.75, 3.05) is 14.2 Å². The number of aryl methyl sites for hydroxylation is 1. The molecule has 0 unspecified atom stereocenters. The fourth-order valence-electron chi connectivity index (χ4n) is 2.61. The molecule has 122 valence electrons. The molecule has 3 aromatic rings. The average Bonchev–Trinajstić information content (AvgIpc) is 3.01. The van der Waals surface area contributed by atoms with E-state index < -0.39 is 0 Å². The fraction of sp³-hybridized carbons (Fsp3) is 0.235. The molecule has 0 radical (unpaired) electrons. The Bertz CT molecular complexity index is 1010. The molecular weight excluding hydrogens is 310 g/mol. The Morgan fingerprint density at radius 1 is 1.29 bits per heavy atom. The summed E-state index contributed by atoms with van der Waals surface area (Å²) in [5.41, 5.74) is 0.935. The highest BCUT2D eigenvalue weighted by molar-refractivity contribution is 5.88. The van der Waals surface area contributed by atoms with Crippen LogP contribution in [0.2, 0.25) is 0 Å². The highest BCUT2D eigenvalue weighted by Crippen LogP contribution is 2.29. The summed E-state index contributed by atoms with van der Waals surface area (Å²) >= 11 is 0. The molecule has 24 heavy (non-hydrogen) atoms. The summed E-state index contributed by atoms with van der Waals surface area (Å²) in [4.78, 5) is 12.6. The van der Waals surface area contributed by atoms with Crippen molar-refractivity contribution in [2.24, 2.45) is 0 Å². The summed E-state index contributed by atoms with van der Waals surface area (Å²) in [6, 6.07) is 7.08. The number of benzene rings is 1. The summed E-state index contributed by atoms with van der Waals surface area (Å²) in [5.74, 6) is 1.59. The fourth-order valence-corrected chi connectivity index (χ4v) is 2.61. The van der Waals surface area contributed by atoms with Gasteiger partial charge in [-0.15, -0.1) is 0 Å². The molecule has 3 rings (SSSR count). The van der Waals surface area contributed by atoms with Gasteiger partial charge in [0.15, 0.2) is 0 Å². The second kappa shape index (κ2) is 6.08. The number of ether oxygens (including phenoxy) is 2. The van der Waals surface area contributed by atoms with Crippen LogP contribution in [0.3, 0.4) is 0 Å². The zero-order chi connectivity index (χ0) is 17.3. The first-order valence-electron chi connectivity index (χ1n) is 7.19. The van der Waals surface area contributed by atoms with Crippen molar-refractivity contribution in [3.8, 4) is 17.6 Å². The molecule has 0 spiro atoms. The van der Waals surface area contributed by atoms with Gasteiger partial charge in [-0.1, -0.05) is 5.16 Å². The predicted octanol–water partition coefficient (Wildman–Crippen LogP) is 2.24. The normalized spacial score (nSPS) is 10.6. The number of nitriles is 1. The predicted molar refractivity (Wildman–Crippen MR) is 86.4 cm³/mol. The number of hydrogen-bond donors (Lipinski definition) is 0. The van der Waals surface area contributed by atoms with Gasteiger partial charge in [0.25, 0.3) is 0 Å². The Morgan fingerprint density at radius 2 is 2.08 bits per heavy atom. The minimum absolute atomic E-state index is 0.0335. The smallest absolute Gasteiger partial charge is 0.210 e. The summed E-state index contributed by atoms with van der Waals surface area (Å²) in [6.07, 6.45) is 1.51. The first-order valence-corrected chi connectivity index (χ1v) is 7.19. The molecule has 0 fully saturated rings. The van der Waals surface area contributed by atoms with Crippen LogP contribution in [0.25, 0.3) is 10.9 Å². The van der Waals surface area contributed by atoms with Gasteiger partial charge in [-0.2, -0.15) is 5.26 Å². The molecule has 0 saturated carbocycles. The maximum atomic E-state index is 12.6. The maximum absolute atomic E-state index is 12.6. The lowest BCUT2D eigenvalue weighted by Gasteiger charge is -2.14. The molecule has 0 saturated heterocycles. The van der Waals surface area contributed by atoms with Crippen molar-refractivity contribution in [1.82, 2.24) is 9.72 Å². The summed E-state index contributed by atoms with van der Waals surface area (Å²) in [6.45, 7) is 2.14. The lowest BCUT2D eigenvalue weighted by molar-refractivity contribution is 0.389. The first kappa shape index (κ1) is 15.6. The monoisotopic (exact) mass is 325 g/mol. The molecule has 0 N–H and O–H groups in total. The standard InChI is InChI=1S/C17H15N3O4/c1-10-4-12(19-24-10)9-20-8-11(7-18)17(21)16-14(20)5-13(22-2)6-15(16)23-3/h4-6,8H,9H2,1-3H3. The Labute approximate surface area is 137 Å². The van der Waals surface area contributed by atoms with E-state index in [2.05, 4.69) is 5.16 Å². The van der Waals surface area contributed by atoms with E-state index >= 15 is 0 Å². The molecule has 0 aliphatic heterocycles. The molecular formula is C17H15N3O4. The van der Waals surface area contributed by atoms with Gasteiger partial charge >= 0.3 is 0 Å². The number of methoxy groups -OCH3 is 2. The average molecular weight is 325 g/mol. The molecule has 0 amide bonds. The van der Waals surface area contributed by atoms with Crippen molar-refractivity contribution in [1.29, 1.82) is 5.26 Å². The van der Waals surface area contributed by atoms with E-state index in [1.165, 1.54) is 20.4 Å². The van der Waals surface area contributed by atoms with Gasteiger partial charge in [-0.25, -0.2) is 0 Å². The Balaban J connectivity index is 2.32. The molecule has 0 bridgehead atoms. The van der Waals surface area contributed by atoms with E-state index in [0.29, 0.717) is 40.4 Å². The largest absolute Gasteiger partial charge is 0.497 e. The highest BCUT2D eigenvalue weighted by atomic mass is 16.5. The third-order valence-corrected chi connectivity index (χ3v) is 3.71. The molecule has 1 aromatic carbocycles. The van der Waals surface area contributed by atoms with Gasteiger partial charge in [0, 0.05) is 24.4 Å². The van der Waals surface area contributed by atoms with Crippen LogP contribution < -0.4 is 14.9 Å².